The summed E-state index contributed by atoms with van der Waals surface area (Å²) in [5, 5.41) is 31.5. The second-order valence-corrected chi connectivity index (χ2v) is 11.4. The van der Waals surface area contributed by atoms with Gasteiger partial charge in [-0.1, -0.05) is 29.3 Å². The zero-order valence-electron chi connectivity index (χ0n) is 23.2. The number of aliphatic hydroxyl groups is 3. The Morgan fingerprint density at radius 3 is 2.37 bits per heavy atom. The monoisotopic (exact) mass is 610 g/mol. The third-order valence-corrected chi connectivity index (χ3v) is 6.74. The van der Waals surface area contributed by atoms with Crippen LogP contribution in [0.1, 0.15) is 57.3 Å². The summed E-state index contributed by atoms with van der Waals surface area (Å²) >= 11 is 12.7. The number of aliphatic hydroxyl groups excluding tert-OH is 3. The first-order valence-electron chi connectivity index (χ1n) is 13.2. The van der Waals surface area contributed by atoms with Crippen molar-refractivity contribution in [1.82, 2.24) is 5.32 Å². The molecule has 0 spiro atoms. The molecular formula is C29H36Cl2N2O8. The summed E-state index contributed by atoms with van der Waals surface area (Å²) in [7, 11) is 0. The van der Waals surface area contributed by atoms with Crippen molar-refractivity contribution in [1.29, 1.82) is 0 Å². The van der Waals surface area contributed by atoms with Crippen molar-refractivity contribution in [3.8, 4) is 5.75 Å². The molecule has 224 valence electrons. The number of hydrogen-bond donors (Lipinski definition) is 4. The summed E-state index contributed by atoms with van der Waals surface area (Å²) in [6, 6.07) is 10.6. The van der Waals surface area contributed by atoms with Crippen LogP contribution in [0, 0.1) is 0 Å². The van der Waals surface area contributed by atoms with Crippen LogP contribution in [-0.2, 0) is 19.1 Å². The van der Waals surface area contributed by atoms with Gasteiger partial charge in [-0.2, -0.15) is 0 Å². The number of halogens is 2. The molecule has 2 aromatic carbocycles. The average Bonchev–Trinajstić information content (AvgIpc) is 3.30. The molecule has 1 amide bonds. The van der Waals surface area contributed by atoms with E-state index in [4.69, 9.17) is 47.5 Å². The maximum absolute atomic E-state index is 14.0. The van der Waals surface area contributed by atoms with Crippen LogP contribution in [0.5, 0.6) is 5.75 Å². The third-order valence-electron chi connectivity index (χ3n) is 6.18. The van der Waals surface area contributed by atoms with Crippen LogP contribution >= 0.6 is 23.2 Å². The van der Waals surface area contributed by atoms with Crippen molar-refractivity contribution >= 4 is 41.0 Å². The van der Waals surface area contributed by atoms with E-state index >= 15 is 0 Å². The van der Waals surface area contributed by atoms with Crippen molar-refractivity contribution in [2.24, 2.45) is 4.99 Å². The summed E-state index contributed by atoms with van der Waals surface area (Å²) in [5.74, 6) is -0.531. The van der Waals surface area contributed by atoms with Crippen molar-refractivity contribution in [3.05, 3.63) is 63.6 Å². The smallest absolute Gasteiger partial charge is 0.306 e. The fraction of sp³-hybridized carbons (Fsp3) is 0.483. The van der Waals surface area contributed by atoms with Gasteiger partial charge in [-0.25, -0.2) is 4.99 Å². The van der Waals surface area contributed by atoms with E-state index in [0.29, 0.717) is 34.9 Å². The highest BCUT2D eigenvalue weighted by molar-refractivity contribution is 6.35. The molecule has 41 heavy (non-hydrogen) atoms. The minimum absolute atomic E-state index is 0.0121. The molecule has 3 rings (SSSR count). The zero-order valence-corrected chi connectivity index (χ0v) is 24.7. The first-order chi connectivity index (χ1) is 19.4. The van der Waals surface area contributed by atoms with E-state index < -0.39 is 48.4 Å². The van der Waals surface area contributed by atoms with Crippen molar-refractivity contribution in [2.45, 2.75) is 63.3 Å². The summed E-state index contributed by atoms with van der Waals surface area (Å²) in [6.45, 7) is 4.53. The molecule has 1 heterocycles. The van der Waals surface area contributed by atoms with Gasteiger partial charge >= 0.3 is 5.97 Å². The van der Waals surface area contributed by atoms with Crippen LogP contribution in [0.3, 0.4) is 0 Å². The topological polar surface area (TPSA) is 147 Å². The lowest BCUT2D eigenvalue weighted by atomic mass is 9.83. The molecule has 0 radical (unpaired) electrons. The summed E-state index contributed by atoms with van der Waals surface area (Å²) in [5.41, 5.74) is -1.54. The predicted octanol–water partition coefficient (Wildman–Crippen LogP) is 3.60. The summed E-state index contributed by atoms with van der Waals surface area (Å²) in [4.78, 5) is 31.5. The number of amides is 1. The predicted molar refractivity (Wildman–Crippen MR) is 154 cm³/mol. The van der Waals surface area contributed by atoms with Gasteiger partial charge < -0.3 is 34.8 Å². The van der Waals surface area contributed by atoms with E-state index in [9.17, 15) is 19.8 Å². The fourth-order valence-corrected chi connectivity index (χ4v) is 4.71. The molecule has 2 aromatic rings. The lowest BCUT2D eigenvalue weighted by Gasteiger charge is -2.32. The molecule has 12 heteroatoms. The zero-order chi connectivity index (χ0) is 30.2. The maximum Gasteiger partial charge on any atom is 0.306 e. The van der Waals surface area contributed by atoms with Gasteiger partial charge in [-0.15, -0.1) is 0 Å². The first kappa shape index (κ1) is 32.6. The molecule has 0 fully saturated rings. The second-order valence-electron chi connectivity index (χ2n) is 10.6. The number of carbonyl (C=O) groups is 2. The van der Waals surface area contributed by atoms with E-state index in [1.165, 1.54) is 6.07 Å². The first-order valence-corrected chi connectivity index (χ1v) is 14.0. The Balaban J connectivity index is 2.08. The highest BCUT2D eigenvalue weighted by Gasteiger charge is 2.54. The molecule has 0 aliphatic carbocycles. The number of nitrogens with zero attached hydrogens (tertiary/aromatic N) is 1. The number of rotatable bonds is 13. The summed E-state index contributed by atoms with van der Waals surface area (Å²) < 4.78 is 17.4. The highest BCUT2D eigenvalue weighted by Crippen LogP contribution is 2.46. The van der Waals surface area contributed by atoms with E-state index in [-0.39, 0.29) is 30.4 Å². The second kappa shape index (κ2) is 14.3. The van der Waals surface area contributed by atoms with Crippen molar-refractivity contribution in [3.63, 3.8) is 0 Å². The van der Waals surface area contributed by atoms with Crippen LogP contribution in [-0.4, -0.2) is 76.7 Å². The Kier molecular flexibility index (Phi) is 11.4. The minimum Gasteiger partial charge on any atom is -0.494 e. The van der Waals surface area contributed by atoms with E-state index in [2.05, 4.69) is 5.32 Å². The number of aliphatic imine (C=N–C) groups is 1. The Morgan fingerprint density at radius 2 is 1.78 bits per heavy atom. The van der Waals surface area contributed by atoms with Gasteiger partial charge in [0, 0.05) is 40.6 Å². The van der Waals surface area contributed by atoms with E-state index in [0.717, 1.165) is 0 Å². The quantitative estimate of drug-likeness (QED) is 0.199. The normalized spacial score (nSPS) is 18.6. The van der Waals surface area contributed by atoms with E-state index in [1.807, 2.05) is 0 Å². The largest absolute Gasteiger partial charge is 0.494 e. The lowest BCUT2D eigenvalue weighted by Crippen LogP contribution is -2.53. The Morgan fingerprint density at radius 1 is 1.10 bits per heavy atom. The molecule has 0 saturated carbocycles. The minimum atomic E-state index is -1.73. The van der Waals surface area contributed by atoms with Gasteiger partial charge in [0.2, 0.25) is 5.90 Å². The van der Waals surface area contributed by atoms with Crippen molar-refractivity contribution in [2.75, 3.05) is 26.4 Å². The fourth-order valence-electron chi connectivity index (χ4n) is 4.21. The number of hydrogen-bond acceptors (Lipinski definition) is 9. The number of carbonyl (C=O) groups excluding carboxylic acids is 2. The maximum atomic E-state index is 14.0. The van der Waals surface area contributed by atoms with Gasteiger partial charge in [0.15, 0.2) is 11.6 Å². The molecule has 1 aliphatic rings. The van der Waals surface area contributed by atoms with Crippen molar-refractivity contribution < 1.29 is 39.1 Å². The van der Waals surface area contributed by atoms with Crippen LogP contribution in [0.2, 0.25) is 10.0 Å². The SMILES string of the molecule is CC(C)(C)OC(=O)CC[C@@]1(C(=O)NC(CO)CO)N=C(c2ccc(OCCCO)cc2)O[C@@H]1c1ccc(Cl)cc1Cl. The molecular weight excluding hydrogens is 575 g/mol. The highest BCUT2D eigenvalue weighted by atomic mass is 35.5. The third kappa shape index (κ3) is 8.56. The van der Waals surface area contributed by atoms with Gasteiger partial charge in [-0.3, -0.25) is 9.59 Å². The van der Waals surface area contributed by atoms with Crippen LogP contribution in [0.4, 0.5) is 0 Å². The standard InChI is InChI=1S/C29H36Cl2N2O8/c1-28(2,3)41-24(37)11-12-29(27(38)32-20(16-35)17-36)25(22-10-7-19(30)15-23(22)31)40-26(33-29)18-5-8-21(9-6-18)39-14-4-13-34/h5-10,15,20,25,34-36H,4,11-14,16-17H2,1-3H3,(H,32,38)/t25-,29-/m1/s1. The molecule has 10 nitrogen and oxygen atoms in total. The molecule has 1 aliphatic heterocycles. The van der Waals surface area contributed by atoms with Gasteiger partial charge in [-0.05, 0) is 63.6 Å². The molecule has 0 aromatic heterocycles. The Labute approximate surface area is 249 Å². The van der Waals surface area contributed by atoms with Crippen LogP contribution < -0.4 is 10.1 Å². The van der Waals surface area contributed by atoms with Gasteiger partial charge in [0.25, 0.3) is 5.91 Å². The molecule has 0 bridgehead atoms. The van der Waals surface area contributed by atoms with E-state index in [1.54, 1.807) is 57.2 Å². The average molecular weight is 612 g/mol. The Hall–Kier alpha value is -2.89. The number of nitrogens with one attached hydrogen (secondary N) is 1. The van der Waals surface area contributed by atoms with Gasteiger partial charge in [0.05, 0.1) is 25.9 Å². The molecule has 2 atom stereocenters. The molecule has 0 unspecified atom stereocenters. The number of esters is 1. The van der Waals surface area contributed by atoms with Gasteiger partial charge in [0.1, 0.15) is 11.4 Å². The molecule has 4 N–H and O–H groups in total. The van der Waals surface area contributed by atoms with Crippen LogP contribution in [0.15, 0.2) is 47.5 Å². The molecule has 0 saturated heterocycles. The van der Waals surface area contributed by atoms with Crippen LogP contribution in [0.25, 0.3) is 0 Å². The summed E-state index contributed by atoms with van der Waals surface area (Å²) in [6.07, 6.45) is -0.929. The number of ether oxygens (including phenoxy) is 3. The number of benzene rings is 2. The lowest BCUT2D eigenvalue weighted by molar-refractivity contribution is -0.155. The Bertz CT molecular complexity index is 1230.